The fourth-order valence-corrected chi connectivity index (χ4v) is 1.75. The highest BCUT2D eigenvalue weighted by atomic mass is 16.5. The summed E-state index contributed by atoms with van der Waals surface area (Å²) in [7, 11) is 0. The van der Waals surface area contributed by atoms with Gasteiger partial charge in [0.1, 0.15) is 5.75 Å². The maximum atomic E-state index is 11.7. The second kappa shape index (κ2) is 7.24. The number of para-hydroxylation sites is 1. The molecule has 0 saturated carbocycles. The molecule has 0 fully saturated rings. The first-order valence-electron chi connectivity index (χ1n) is 6.76. The predicted molar refractivity (Wildman–Crippen MR) is 81.1 cm³/mol. The molecule has 4 heteroatoms. The second-order valence-electron chi connectivity index (χ2n) is 4.70. The Hall–Kier alpha value is -2.62. The predicted octanol–water partition coefficient (Wildman–Crippen LogP) is 3.32. The van der Waals surface area contributed by atoms with Gasteiger partial charge in [-0.3, -0.25) is 9.59 Å². The van der Waals surface area contributed by atoms with Crippen molar-refractivity contribution in [1.82, 2.24) is 0 Å². The van der Waals surface area contributed by atoms with Crippen LogP contribution in [0.2, 0.25) is 0 Å². The third-order valence-corrected chi connectivity index (χ3v) is 2.87. The van der Waals surface area contributed by atoms with E-state index in [9.17, 15) is 9.59 Å². The summed E-state index contributed by atoms with van der Waals surface area (Å²) in [5.41, 5.74) is 1.81. The van der Waals surface area contributed by atoms with E-state index in [1.54, 1.807) is 24.3 Å². The summed E-state index contributed by atoms with van der Waals surface area (Å²) in [5.74, 6) is -0.127. The summed E-state index contributed by atoms with van der Waals surface area (Å²) in [5, 5.41) is 2.72. The van der Waals surface area contributed by atoms with Crippen molar-refractivity contribution in [2.24, 2.45) is 0 Å². The third-order valence-electron chi connectivity index (χ3n) is 2.87. The number of rotatable bonds is 5. The van der Waals surface area contributed by atoms with Gasteiger partial charge >= 0.3 is 5.97 Å². The lowest BCUT2D eigenvalue weighted by Gasteiger charge is -2.06. The van der Waals surface area contributed by atoms with E-state index in [4.69, 9.17) is 4.74 Å². The van der Waals surface area contributed by atoms with Crippen molar-refractivity contribution in [3.05, 3.63) is 60.2 Å². The highest BCUT2D eigenvalue weighted by Gasteiger charge is 2.09. The lowest BCUT2D eigenvalue weighted by Crippen LogP contribution is -2.15. The van der Waals surface area contributed by atoms with Gasteiger partial charge in [0.05, 0.1) is 6.42 Å². The Morgan fingerprint density at radius 2 is 1.62 bits per heavy atom. The quantitative estimate of drug-likeness (QED) is 0.676. The maximum absolute atomic E-state index is 11.7. The SMILES string of the molecule is Cc1ccc(OC(=O)CCC(=O)Nc2ccccc2)cc1. The first-order chi connectivity index (χ1) is 10.1. The van der Waals surface area contributed by atoms with Crippen LogP contribution < -0.4 is 10.1 Å². The van der Waals surface area contributed by atoms with Gasteiger partial charge in [-0.1, -0.05) is 35.9 Å². The molecule has 0 aliphatic rings. The van der Waals surface area contributed by atoms with Crippen LogP contribution in [-0.4, -0.2) is 11.9 Å². The van der Waals surface area contributed by atoms with Gasteiger partial charge in [0.2, 0.25) is 5.91 Å². The molecule has 0 saturated heterocycles. The molecule has 0 unspecified atom stereocenters. The van der Waals surface area contributed by atoms with Gasteiger partial charge in [0, 0.05) is 12.1 Å². The number of nitrogens with one attached hydrogen (secondary N) is 1. The van der Waals surface area contributed by atoms with Crippen LogP contribution in [0.15, 0.2) is 54.6 Å². The topological polar surface area (TPSA) is 55.4 Å². The van der Waals surface area contributed by atoms with Crippen LogP contribution in [-0.2, 0) is 9.59 Å². The van der Waals surface area contributed by atoms with Crippen LogP contribution in [0, 0.1) is 6.92 Å². The molecule has 0 aliphatic heterocycles. The Kier molecular flexibility index (Phi) is 5.10. The molecule has 0 aromatic heterocycles. The number of benzene rings is 2. The number of aryl methyl sites for hydroxylation is 1. The molecule has 0 bridgehead atoms. The fraction of sp³-hybridized carbons (Fsp3) is 0.176. The molecule has 0 radical (unpaired) electrons. The van der Waals surface area contributed by atoms with Crippen LogP contribution in [0.3, 0.4) is 0 Å². The largest absolute Gasteiger partial charge is 0.427 e. The van der Waals surface area contributed by atoms with E-state index in [-0.39, 0.29) is 18.7 Å². The van der Waals surface area contributed by atoms with E-state index in [0.29, 0.717) is 5.75 Å². The highest BCUT2D eigenvalue weighted by molar-refractivity contribution is 5.92. The minimum absolute atomic E-state index is 0.0482. The van der Waals surface area contributed by atoms with E-state index >= 15 is 0 Å². The van der Waals surface area contributed by atoms with E-state index < -0.39 is 5.97 Å². The Labute approximate surface area is 123 Å². The molecule has 4 nitrogen and oxygen atoms in total. The molecular weight excluding hydrogens is 266 g/mol. The number of carbonyl (C=O) groups is 2. The van der Waals surface area contributed by atoms with Crippen molar-refractivity contribution in [1.29, 1.82) is 0 Å². The summed E-state index contributed by atoms with van der Waals surface area (Å²) in [6, 6.07) is 16.3. The third kappa shape index (κ3) is 5.10. The lowest BCUT2D eigenvalue weighted by atomic mass is 10.2. The molecule has 0 heterocycles. The normalized spacial score (nSPS) is 9.95. The number of carbonyl (C=O) groups excluding carboxylic acids is 2. The Morgan fingerprint density at radius 1 is 0.952 bits per heavy atom. The number of hydrogen-bond acceptors (Lipinski definition) is 3. The van der Waals surface area contributed by atoms with Crippen molar-refractivity contribution in [2.45, 2.75) is 19.8 Å². The Bertz CT molecular complexity index is 606. The summed E-state index contributed by atoms with van der Waals surface area (Å²) in [6.07, 6.45) is 0.145. The van der Waals surface area contributed by atoms with Crippen LogP contribution in [0.1, 0.15) is 18.4 Å². The van der Waals surface area contributed by atoms with Crippen molar-refractivity contribution in [3.8, 4) is 5.75 Å². The zero-order chi connectivity index (χ0) is 15.1. The van der Waals surface area contributed by atoms with E-state index in [0.717, 1.165) is 11.3 Å². The molecule has 21 heavy (non-hydrogen) atoms. The van der Waals surface area contributed by atoms with Gasteiger partial charge in [-0.05, 0) is 31.2 Å². The standard InChI is InChI=1S/C17H17NO3/c1-13-7-9-15(10-8-13)21-17(20)12-11-16(19)18-14-5-3-2-4-6-14/h2-10H,11-12H2,1H3,(H,18,19). The van der Waals surface area contributed by atoms with Crippen molar-refractivity contribution in [2.75, 3.05) is 5.32 Å². The van der Waals surface area contributed by atoms with Crippen LogP contribution >= 0.6 is 0 Å². The molecular formula is C17H17NO3. The van der Waals surface area contributed by atoms with Crippen molar-refractivity contribution < 1.29 is 14.3 Å². The van der Waals surface area contributed by atoms with Crippen LogP contribution in [0.25, 0.3) is 0 Å². The Balaban J connectivity index is 1.76. The minimum atomic E-state index is -0.415. The van der Waals surface area contributed by atoms with Gasteiger partial charge in [0.25, 0.3) is 0 Å². The van der Waals surface area contributed by atoms with Crippen LogP contribution in [0.5, 0.6) is 5.75 Å². The van der Waals surface area contributed by atoms with E-state index in [1.807, 2.05) is 37.3 Å². The van der Waals surface area contributed by atoms with Gasteiger partial charge in [-0.15, -0.1) is 0 Å². The van der Waals surface area contributed by atoms with Gasteiger partial charge in [-0.2, -0.15) is 0 Å². The molecule has 2 aromatic rings. The lowest BCUT2D eigenvalue weighted by molar-refractivity contribution is -0.135. The molecule has 108 valence electrons. The van der Waals surface area contributed by atoms with Crippen LogP contribution in [0.4, 0.5) is 5.69 Å². The Morgan fingerprint density at radius 3 is 2.29 bits per heavy atom. The average Bonchev–Trinajstić information content (AvgIpc) is 2.49. The number of ether oxygens (including phenoxy) is 1. The second-order valence-corrected chi connectivity index (χ2v) is 4.70. The van der Waals surface area contributed by atoms with Gasteiger partial charge in [-0.25, -0.2) is 0 Å². The van der Waals surface area contributed by atoms with E-state index in [1.165, 1.54) is 0 Å². The molecule has 1 amide bonds. The van der Waals surface area contributed by atoms with E-state index in [2.05, 4.69) is 5.32 Å². The first-order valence-corrected chi connectivity index (χ1v) is 6.76. The highest BCUT2D eigenvalue weighted by Crippen LogP contribution is 2.13. The molecule has 0 spiro atoms. The van der Waals surface area contributed by atoms with Crippen molar-refractivity contribution in [3.63, 3.8) is 0 Å². The number of hydrogen-bond donors (Lipinski definition) is 1. The molecule has 0 atom stereocenters. The first kappa shape index (κ1) is 14.8. The summed E-state index contributed by atoms with van der Waals surface area (Å²) in [6.45, 7) is 1.96. The maximum Gasteiger partial charge on any atom is 0.311 e. The average molecular weight is 283 g/mol. The number of esters is 1. The monoisotopic (exact) mass is 283 g/mol. The summed E-state index contributed by atoms with van der Waals surface area (Å²) >= 11 is 0. The number of amides is 1. The molecule has 2 rings (SSSR count). The molecule has 0 aliphatic carbocycles. The summed E-state index contributed by atoms with van der Waals surface area (Å²) in [4.78, 5) is 23.3. The van der Waals surface area contributed by atoms with Crippen molar-refractivity contribution >= 4 is 17.6 Å². The smallest absolute Gasteiger partial charge is 0.311 e. The summed E-state index contributed by atoms with van der Waals surface area (Å²) < 4.78 is 5.15. The zero-order valence-electron chi connectivity index (χ0n) is 11.8. The molecule has 2 aromatic carbocycles. The van der Waals surface area contributed by atoms with Gasteiger partial charge < -0.3 is 10.1 Å². The minimum Gasteiger partial charge on any atom is -0.427 e. The van der Waals surface area contributed by atoms with Gasteiger partial charge in [0.15, 0.2) is 0 Å². The fourth-order valence-electron chi connectivity index (χ4n) is 1.75. The number of anilines is 1. The zero-order valence-corrected chi connectivity index (χ0v) is 11.8. The molecule has 1 N–H and O–H groups in total.